The predicted molar refractivity (Wildman–Crippen MR) is 66.9 cm³/mol. The molecule has 0 saturated carbocycles. The lowest BCUT2D eigenvalue weighted by molar-refractivity contribution is 0.134. The Kier molecular flexibility index (Phi) is 3.98. The van der Waals surface area contributed by atoms with Crippen molar-refractivity contribution >= 4 is 0 Å². The summed E-state index contributed by atoms with van der Waals surface area (Å²) in [6.45, 7) is 10.2. The predicted octanol–water partition coefficient (Wildman–Crippen LogP) is 3.23. The molecular weight excluding hydrogens is 200 g/mol. The molecule has 2 nitrogen and oxygen atoms in total. The molecule has 2 rings (SSSR count). The summed E-state index contributed by atoms with van der Waals surface area (Å²) in [6, 6.07) is 4.13. The Morgan fingerprint density at radius 2 is 1.94 bits per heavy atom. The fourth-order valence-corrected chi connectivity index (χ4v) is 2.08. The summed E-state index contributed by atoms with van der Waals surface area (Å²) in [5, 5.41) is 9.22. The van der Waals surface area contributed by atoms with Gasteiger partial charge < -0.3 is 9.84 Å². The first-order valence-corrected chi connectivity index (χ1v) is 5.94. The number of aryl methyl sites for hydroxylation is 1. The molecule has 1 aromatic rings. The first kappa shape index (κ1) is 13.0. The largest absolute Gasteiger partial charge is 0.487 e. The fraction of sp³-hybridized carbons (Fsp3) is 0.571. The number of fused-ring (bicyclic) bond motifs is 1. The third-order valence-electron chi connectivity index (χ3n) is 2.55. The highest BCUT2D eigenvalue weighted by Gasteiger charge is 2.31. The lowest BCUT2D eigenvalue weighted by atomic mass is 9.99. The van der Waals surface area contributed by atoms with E-state index in [-0.39, 0.29) is 12.2 Å². The standard InChI is InChI=1S/C12H16O2.C2H6/c1-8-4-9-6-12(2,3)14-11(9)10(5-8)7-13;1-2/h4-5,13H,6-7H2,1-3H3;1-2H3. The summed E-state index contributed by atoms with van der Waals surface area (Å²) in [5.41, 5.74) is 3.19. The van der Waals surface area contributed by atoms with Gasteiger partial charge in [0.25, 0.3) is 0 Å². The molecule has 0 amide bonds. The lowest BCUT2D eigenvalue weighted by Crippen LogP contribution is -2.24. The molecule has 90 valence electrons. The van der Waals surface area contributed by atoms with Gasteiger partial charge in [0.2, 0.25) is 0 Å². The van der Waals surface area contributed by atoms with Gasteiger partial charge in [-0.15, -0.1) is 0 Å². The van der Waals surface area contributed by atoms with Crippen LogP contribution in [0.15, 0.2) is 12.1 Å². The molecule has 16 heavy (non-hydrogen) atoms. The van der Waals surface area contributed by atoms with Gasteiger partial charge in [0.15, 0.2) is 0 Å². The third-order valence-corrected chi connectivity index (χ3v) is 2.55. The molecule has 1 aliphatic rings. The van der Waals surface area contributed by atoms with Crippen molar-refractivity contribution < 1.29 is 9.84 Å². The van der Waals surface area contributed by atoms with Crippen molar-refractivity contribution in [2.24, 2.45) is 0 Å². The van der Waals surface area contributed by atoms with Crippen LogP contribution >= 0.6 is 0 Å². The second-order valence-corrected chi connectivity index (χ2v) is 4.61. The van der Waals surface area contributed by atoms with Gasteiger partial charge in [-0.25, -0.2) is 0 Å². The number of hydrogen-bond donors (Lipinski definition) is 1. The number of ether oxygens (including phenoxy) is 1. The van der Waals surface area contributed by atoms with Crippen molar-refractivity contribution in [1.29, 1.82) is 0 Å². The first-order chi connectivity index (χ1) is 7.52. The Labute approximate surface area is 98.3 Å². The van der Waals surface area contributed by atoms with Crippen molar-refractivity contribution in [3.05, 3.63) is 28.8 Å². The van der Waals surface area contributed by atoms with Gasteiger partial charge in [-0.2, -0.15) is 0 Å². The zero-order valence-corrected chi connectivity index (χ0v) is 10.9. The van der Waals surface area contributed by atoms with E-state index in [2.05, 4.69) is 19.9 Å². The summed E-state index contributed by atoms with van der Waals surface area (Å²) in [5.74, 6) is 0.892. The summed E-state index contributed by atoms with van der Waals surface area (Å²) < 4.78 is 5.81. The summed E-state index contributed by atoms with van der Waals surface area (Å²) in [7, 11) is 0. The molecule has 0 fully saturated rings. The van der Waals surface area contributed by atoms with E-state index in [1.807, 2.05) is 26.8 Å². The summed E-state index contributed by atoms with van der Waals surface area (Å²) in [6.07, 6.45) is 0.928. The van der Waals surface area contributed by atoms with Crippen LogP contribution in [-0.2, 0) is 13.0 Å². The number of benzene rings is 1. The summed E-state index contributed by atoms with van der Waals surface area (Å²) >= 11 is 0. The van der Waals surface area contributed by atoms with Crippen LogP contribution in [0, 0.1) is 6.92 Å². The SMILES string of the molecule is CC.Cc1cc(CO)c2c(c1)CC(C)(C)O2. The number of aliphatic hydroxyl groups excluding tert-OH is 1. The molecule has 1 N–H and O–H groups in total. The van der Waals surface area contributed by atoms with E-state index in [4.69, 9.17) is 4.74 Å². The van der Waals surface area contributed by atoms with Crippen LogP contribution < -0.4 is 4.74 Å². The van der Waals surface area contributed by atoms with Crippen molar-refractivity contribution in [3.8, 4) is 5.75 Å². The molecule has 0 unspecified atom stereocenters. The van der Waals surface area contributed by atoms with Crippen molar-refractivity contribution in [1.82, 2.24) is 0 Å². The molecule has 0 atom stereocenters. The molecule has 1 aromatic carbocycles. The monoisotopic (exact) mass is 222 g/mol. The highest BCUT2D eigenvalue weighted by molar-refractivity contribution is 5.47. The van der Waals surface area contributed by atoms with E-state index >= 15 is 0 Å². The van der Waals surface area contributed by atoms with Crippen LogP contribution in [0.3, 0.4) is 0 Å². The Morgan fingerprint density at radius 3 is 2.50 bits per heavy atom. The first-order valence-electron chi connectivity index (χ1n) is 5.94. The van der Waals surface area contributed by atoms with E-state index in [9.17, 15) is 5.11 Å². The molecule has 0 aliphatic carbocycles. The molecule has 0 saturated heterocycles. The van der Waals surface area contributed by atoms with Gasteiger partial charge >= 0.3 is 0 Å². The maximum absolute atomic E-state index is 9.22. The minimum Gasteiger partial charge on any atom is -0.487 e. The molecule has 1 heterocycles. The van der Waals surface area contributed by atoms with Crippen LogP contribution in [0.25, 0.3) is 0 Å². The number of hydrogen-bond acceptors (Lipinski definition) is 2. The second-order valence-electron chi connectivity index (χ2n) is 4.61. The molecule has 1 aliphatic heterocycles. The van der Waals surface area contributed by atoms with E-state index in [1.54, 1.807) is 0 Å². The minimum atomic E-state index is -0.125. The van der Waals surface area contributed by atoms with Crippen molar-refractivity contribution in [2.45, 2.75) is 53.2 Å². The minimum absolute atomic E-state index is 0.0556. The smallest absolute Gasteiger partial charge is 0.128 e. The molecular formula is C14H22O2. The number of rotatable bonds is 1. The topological polar surface area (TPSA) is 29.5 Å². The average molecular weight is 222 g/mol. The van der Waals surface area contributed by atoms with Gasteiger partial charge in [-0.3, -0.25) is 0 Å². The van der Waals surface area contributed by atoms with E-state index in [0.29, 0.717) is 0 Å². The molecule has 0 bridgehead atoms. The highest BCUT2D eigenvalue weighted by Crippen LogP contribution is 2.38. The zero-order chi connectivity index (χ0) is 12.3. The highest BCUT2D eigenvalue weighted by atomic mass is 16.5. The Balaban J connectivity index is 0.000000606. The van der Waals surface area contributed by atoms with Gasteiger partial charge in [0, 0.05) is 12.0 Å². The third kappa shape index (κ3) is 2.56. The maximum atomic E-state index is 9.22. The van der Waals surface area contributed by atoms with Gasteiger partial charge in [0.05, 0.1) is 6.61 Å². The second kappa shape index (κ2) is 4.88. The van der Waals surface area contributed by atoms with Crippen LogP contribution in [0.4, 0.5) is 0 Å². The zero-order valence-electron chi connectivity index (χ0n) is 10.9. The number of aliphatic hydroxyl groups is 1. The summed E-state index contributed by atoms with van der Waals surface area (Å²) in [4.78, 5) is 0. The fourth-order valence-electron chi connectivity index (χ4n) is 2.08. The maximum Gasteiger partial charge on any atom is 0.128 e. The van der Waals surface area contributed by atoms with Gasteiger partial charge in [-0.05, 0) is 26.3 Å². The lowest BCUT2D eigenvalue weighted by Gasteiger charge is -2.17. The normalized spacial score (nSPS) is 15.9. The van der Waals surface area contributed by atoms with Crippen LogP contribution in [0.2, 0.25) is 0 Å². The van der Waals surface area contributed by atoms with Crippen LogP contribution in [0.5, 0.6) is 5.75 Å². The quantitative estimate of drug-likeness (QED) is 0.790. The molecule has 0 radical (unpaired) electrons. The van der Waals surface area contributed by atoms with Crippen molar-refractivity contribution in [3.63, 3.8) is 0 Å². The van der Waals surface area contributed by atoms with E-state index < -0.39 is 0 Å². The van der Waals surface area contributed by atoms with Crippen LogP contribution in [-0.4, -0.2) is 10.7 Å². The van der Waals surface area contributed by atoms with Gasteiger partial charge in [0.1, 0.15) is 11.4 Å². The van der Waals surface area contributed by atoms with Gasteiger partial charge in [-0.1, -0.05) is 31.5 Å². The van der Waals surface area contributed by atoms with E-state index in [1.165, 1.54) is 11.1 Å². The van der Waals surface area contributed by atoms with Crippen molar-refractivity contribution in [2.75, 3.05) is 0 Å². The average Bonchev–Trinajstić information content (AvgIpc) is 2.53. The molecule has 2 heteroatoms. The molecule has 0 aromatic heterocycles. The molecule has 0 spiro atoms. The Morgan fingerprint density at radius 1 is 1.31 bits per heavy atom. The Bertz CT molecular complexity index is 367. The van der Waals surface area contributed by atoms with E-state index in [0.717, 1.165) is 17.7 Å². The van der Waals surface area contributed by atoms with Crippen LogP contribution in [0.1, 0.15) is 44.4 Å². The Hall–Kier alpha value is -1.02.